The zero-order valence-corrected chi connectivity index (χ0v) is 6.64. The molecule has 55 valence electrons. The van der Waals surface area contributed by atoms with Crippen molar-refractivity contribution in [1.82, 2.24) is 26.8 Å². The molecule has 1 aromatic rings. The molecule has 0 spiro atoms. The average molecular weight is 207 g/mol. The number of rotatable bonds is 2. The Morgan fingerprint density at radius 1 is 1.70 bits per heavy atom. The zero-order valence-electron chi connectivity index (χ0n) is 4.76. The van der Waals surface area contributed by atoms with Crippen LogP contribution in [0.5, 0.6) is 0 Å². The maximum absolute atomic E-state index is 9.79. The van der Waals surface area contributed by atoms with E-state index in [4.69, 9.17) is 0 Å². The third kappa shape index (κ3) is 2.51. The number of nitro groups is 1. The molecule has 4 N–H and O–H groups in total. The summed E-state index contributed by atoms with van der Waals surface area (Å²) < 4.78 is -0.238. The van der Waals surface area contributed by atoms with Crippen LogP contribution in [-0.2, 0) is 0 Å². The van der Waals surface area contributed by atoms with Gasteiger partial charge in [-0.05, 0) is 0 Å². The molecule has 0 amide bonds. The van der Waals surface area contributed by atoms with Crippen LogP contribution in [0.4, 0.5) is 0 Å². The van der Waals surface area contributed by atoms with Crippen molar-refractivity contribution in [2.45, 2.75) is 0 Å². The molecule has 9 heteroatoms. The Hall–Kier alpha value is -1.01. The Morgan fingerprint density at radius 2 is 2.40 bits per heavy atom. The standard InChI is InChI=1S/CHAsN5O2.H3N/c8-7(9)2-1-3-5-6-4-1;/h(H,3,4,5,6);1H3. The molecule has 0 bridgehead atoms. The first-order valence-corrected chi connectivity index (χ1v) is 3.66. The van der Waals surface area contributed by atoms with Crippen LogP contribution in [0.1, 0.15) is 0 Å². The molecule has 0 aliphatic rings. The van der Waals surface area contributed by atoms with Crippen LogP contribution in [0.2, 0.25) is 0 Å². The maximum atomic E-state index is 9.79. The normalized spacial score (nSPS) is 9.60. The molecule has 0 unspecified atom stereocenters. The summed E-state index contributed by atoms with van der Waals surface area (Å²) in [6.07, 6.45) is 0. The van der Waals surface area contributed by atoms with Gasteiger partial charge in [0.15, 0.2) is 0 Å². The van der Waals surface area contributed by atoms with Crippen molar-refractivity contribution in [3.63, 3.8) is 0 Å². The molecule has 0 aliphatic heterocycles. The number of hydrogen-bond donors (Lipinski definition) is 2. The summed E-state index contributed by atoms with van der Waals surface area (Å²) in [7, 11) is 0. The molecule has 8 nitrogen and oxygen atoms in total. The van der Waals surface area contributed by atoms with Crippen molar-refractivity contribution >= 4 is 20.6 Å². The van der Waals surface area contributed by atoms with Crippen molar-refractivity contribution < 1.29 is 3.84 Å². The summed E-state index contributed by atoms with van der Waals surface area (Å²) in [5.74, 6) is 0. The van der Waals surface area contributed by atoms with Gasteiger partial charge in [0.25, 0.3) is 0 Å². The summed E-state index contributed by atoms with van der Waals surface area (Å²) in [5, 5.41) is 21.9. The third-order valence-corrected chi connectivity index (χ3v) is 1.62. The molecule has 1 aromatic heterocycles. The molecule has 1 radical (unpaired) electrons. The molecule has 0 saturated carbocycles. The summed E-state index contributed by atoms with van der Waals surface area (Å²) in [6, 6.07) is 0. The van der Waals surface area contributed by atoms with Gasteiger partial charge >= 0.3 is 55.2 Å². The van der Waals surface area contributed by atoms with Crippen molar-refractivity contribution in [3.8, 4) is 0 Å². The first kappa shape index (κ1) is 8.99. The van der Waals surface area contributed by atoms with Gasteiger partial charge in [-0.2, -0.15) is 0 Å². The molecule has 0 saturated heterocycles. The van der Waals surface area contributed by atoms with Gasteiger partial charge < -0.3 is 6.15 Å². The van der Waals surface area contributed by atoms with Crippen LogP contribution in [0.25, 0.3) is 0 Å². The second kappa shape index (κ2) is 3.91. The third-order valence-electron chi connectivity index (χ3n) is 0.505. The van der Waals surface area contributed by atoms with E-state index in [1.165, 1.54) is 0 Å². The Labute approximate surface area is 62.0 Å². The molecule has 1 rings (SSSR count). The van der Waals surface area contributed by atoms with E-state index in [-0.39, 0.29) is 10.8 Å². The first-order valence-electron chi connectivity index (χ1n) is 1.88. The van der Waals surface area contributed by atoms with Crippen LogP contribution < -0.4 is 10.8 Å². The van der Waals surface area contributed by atoms with Gasteiger partial charge in [-0.1, -0.05) is 0 Å². The van der Waals surface area contributed by atoms with Crippen LogP contribution in [0.15, 0.2) is 0 Å². The number of aromatic amines is 1. The van der Waals surface area contributed by atoms with E-state index < -0.39 is 19.8 Å². The van der Waals surface area contributed by atoms with E-state index in [1.54, 1.807) is 0 Å². The minimum absolute atomic E-state index is 0. The van der Waals surface area contributed by atoms with Gasteiger partial charge in [-0.3, -0.25) is 0 Å². The quantitative estimate of drug-likeness (QED) is 0.323. The Balaban J connectivity index is 0.000000810. The minimum atomic E-state index is -1.15. The number of nitrogens with one attached hydrogen (secondary N) is 1. The summed E-state index contributed by atoms with van der Waals surface area (Å²) in [5.41, 5.74) is 0. The van der Waals surface area contributed by atoms with Gasteiger partial charge in [0, 0.05) is 0 Å². The summed E-state index contributed by atoms with van der Waals surface area (Å²) >= 11 is -1.15. The van der Waals surface area contributed by atoms with Crippen LogP contribution in [0.3, 0.4) is 0 Å². The Bertz CT molecular complexity index is 196. The van der Waals surface area contributed by atoms with E-state index >= 15 is 0 Å². The Kier molecular flexibility index (Phi) is 3.51. The van der Waals surface area contributed by atoms with Gasteiger partial charge in [0.2, 0.25) is 0 Å². The number of H-pyrrole nitrogens is 1. The van der Waals surface area contributed by atoms with Gasteiger partial charge in [0.05, 0.1) is 0 Å². The van der Waals surface area contributed by atoms with Gasteiger partial charge in [-0.25, -0.2) is 0 Å². The molecule has 0 fully saturated rings. The zero-order chi connectivity index (χ0) is 6.69. The van der Waals surface area contributed by atoms with Crippen molar-refractivity contribution in [3.05, 3.63) is 10.1 Å². The van der Waals surface area contributed by atoms with Crippen LogP contribution in [0, 0.1) is 10.1 Å². The molecule has 0 atom stereocenters. The van der Waals surface area contributed by atoms with E-state index in [0.717, 1.165) is 0 Å². The SMILES string of the molecule is N.O=[N+]([O-])[As]c1nn[nH]n1. The van der Waals surface area contributed by atoms with Gasteiger partial charge in [-0.15, -0.1) is 0 Å². The van der Waals surface area contributed by atoms with Crippen molar-refractivity contribution in [2.75, 3.05) is 0 Å². The number of tetrazole rings is 1. The van der Waals surface area contributed by atoms with E-state index in [0.29, 0.717) is 0 Å². The monoisotopic (exact) mass is 207 g/mol. The fourth-order valence-electron chi connectivity index (χ4n) is 0.272. The molecule has 1 heterocycles. The van der Waals surface area contributed by atoms with Crippen LogP contribution >= 0.6 is 0 Å². The van der Waals surface area contributed by atoms with Crippen molar-refractivity contribution in [1.29, 1.82) is 0 Å². The number of nitrogens with zero attached hydrogens (tertiary/aromatic N) is 4. The average Bonchev–Trinajstić information content (AvgIpc) is 2.15. The second-order valence-corrected chi connectivity index (χ2v) is 2.99. The van der Waals surface area contributed by atoms with E-state index in [9.17, 15) is 10.1 Å². The Morgan fingerprint density at radius 3 is 2.80 bits per heavy atom. The van der Waals surface area contributed by atoms with Crippen LogP contribution in [-0.4, -0.2) is 40.4 Å². The van der Waals surface area contributed by atoms with E-state index in [1.807, 2.05) is 0 Å². The predicted molar refractivity (Wildman–Crippen MR) is 31.6 cm³/mol. The molecular formula is CH4AsN6O2. The topological polar surface area (TPSA) is 133 Å². The number of hydrogen-bond acceptors (Lipinski definition) is 6. The molecule has 0 aliphatic carbocycles. The van der Waals surface area contributed by atoms with E-state index in [2.05, 4.69) is 20.6 Å². The summed E-state index contributed by atoms with van der Waals surface area (Å²) in [6.45, 7) is 0. The molecule has 0 aromatic carbocycles. The fraction of sp³-hybridized carbons (Fsp3) is 0. The summed E-state index contributed by atoms with van der Waals surface area (Å²) in [4.78, 5) is 9.79. The first-order chi connectivity index (χ1) is 4.29. The predicted octanol–water partition coefficient (Wildman–Crippen LogP) is -2.12. The number of aromatic nitrogens is 4. The molecule has 10 heavy (non-hydrogen) atoms. The van der Waals surface area contributed by atoms with Crippen molar-refractivity contribution in [2.24, 2.45) is 0 Å². The second-order valence-electron chi connectivity index (χ2n) is 1.05. The molecular weight excluding hydrogens is 203 g/mol. The van der Waals surface area contributed by atoms with Gasteiger partial charge in [0.1, 0.15) is 0 Å². The fourth-order valence-corrected chi connectivity index (χ4v) is 0.944.